The van der Waals surface area contributed by atoms with Crippen molar-refractivity contribution < 1.29 is 8.95 Å². The second kappa shape index (κ2) is 6.94. The van der Waals surface area contributed by atoms with E-state index in [1.807, 2.05) is 18.3 Å². The van der Waals surface area contributed by atoms with Gasteiger partial charge in [-0.2, -0.15) is 0 Å². The van der Waals surface area contributed by atoms with Crippen molar-refractivity contribution >= 4 is 26.5 Å². The first-order valence-corrected chi connectivity index (χ1v) is 10.1. The Bertz CT molecular complexity index is 814. The van der Waals surface area contributed by atoms with E-state index in [9.17, 15) is 4.21 Å². The lowest BCUT2D eigenvalue weighted by Gasteiger charge is -2.34. The van der Waals surface area contributed by atoms with Crippen molar-refractivity contribution in [1.82, 2.24) is 9.71 Å². The number of pyridine rings is 1. The molecule has 1 saturated heterocycles. The van der Waals surface area contributed by atoms with Crippen molar-refractivity contribution in [3.8, 4) is 5.75 Å². The van der Waals surface area contributed by atoms with Crippen LogP contribution in [-0.2, 0) is 9.92 Å². The number of methoxy groups -OCH3 is 1. The summed E-state index contributed by atoms with van der Waals surface area (Å²) in [7, 11) is -0.946. The molecule has 0 saturated carbocycles. The molecule has 0 amide bonds. The molecule has 7 heteroatoms. The van der Waals surface area contributed by atoms with Gasteiger partial charge in [0.25, 0.3) is 0 Å². The van der Waals surface area contributed by atoms with E-state index in [-0.39, 0.29) is 0 Å². The van der Waals surface area contributed by atoms with Crippen molar-refractivity contribution in [2.45, 2.75) is 12.8 Å². The Morgan fingerprint density at radius 2 is 2.12 bits per heavy atom. The van der Waals surface area contributed by atoms with E-state index in [0.717, 1.165) is 42.6 Å². The summed E-state index contributed by atoms with van der Waals surface area (Å²) in [5.41, 5.74) is 2.14. The van der Waals surface area contributed by atoms with Crippen molar-refractivity contribution in [3.05, 3.63) is 30.5 Å². The molecule has 2 aromatic rings. The monoisotopic (exact) mass is 348 g/mol. The predicted octanol–water partition coefficient (Wildman–Crippen LogP) is 2.64. The quantitative estimate of drug-likeness (QED) is 0.871. The lowest BCUT2D eigenvalue weighted by molar-refractivity contribution is 0.405. The minimum Gasteiger partial charge on any atom is -0.497 e. The molecular formula is C17H24N4O2S. The molecule has 130 valence electrons. The Morgan fingerprint density at radius 1 is 1.38 bits per heavy atom. The normalized spacial score (nSPS) is 18.5. The summed E-state index contributed by atoms with van der Waals surface area (Å²) in [6.07, 6.45) is 5.33. The van der Waals surface area contributed by atoms with E-state index in [1.165, 1.54) is 11.9 Å². The Balaban J connectivity index is 1.71. The number of benzene rings is 1. The average molecular weight is 348 g/mol. The first-order valence-electron chi connectivity index (χ1n) is 8.12. The van der Waals surface area contributed by atoms with Crippen molar-refractivity contribution in [3.63, 3.8) is 0 Å². The Morgan fingerprint density at radius 3 is 2.79 bits per heavy atom. The maximum Gasteiger partial charge on any atom is 0.121 e. The molecule has 1 aliphatic heterocycles. The van der Waals surface area contributed by atoms with Gasteiger partial charge >= 0.3 is 0 Å². The molecule has 2 heterocycles. The maximum absolute atomic E-state index is 11.4. The van der Waals surface area contributed by atoms with Crippen molar-refractivity contribution in [2.75, 3.05) is 37.9 Å². The summed E-state index contributed by atoms with van der Waals surface area (Å²) in [4.78, 5) is 6.83. The van der Waals surface area contributed by atoms with Crippen LogP contribution in [-0.4, -0.2) is 42.2 Å². The van der Waals surface area contributed by atoms with E-state index < -0.39 is 9.92 Å². The van der Waals surface area contributed by atoms with Gasteiger partial charge in [0, 0.05) is 49.2 Å². The molecule has 0 bridgehead atoms. The third kappa shape index (κ3) is 3.96. The summed E-state index contributed by atoms with van der Waals surface area (Å²) in [5, 5.41) is 1.14. The van der Waals surface area contributed by atoms with Gasteiger partial charge < -0.3 is 9.64 Å². The van der Waals surface area contributed by atoms with Gasteiger partial charge in [0.05, 0.1) is 12.6 Å². The van der Waals surface area contributed by atoms with E-state index >= 15 is 0 Å². The fourth-order valence-electron chi connectivity index (χ4n) is 3.17. The lowest BCUT2D eigenvalue weighted by Crippen LogP contribution is -2.38. The zero-order chi connectivity index (χ0) is 17.2. The van der Waals surface area contributed by atoms with Crippen LogP contribution in [0.5, 0.6) is 5.75 Å². The van der Waals surface area contributed by atoms with Gasteiger partial charge in [0.1, 0.15) is 15.7 Å². The van der Waals surface area contributed by atoms with Crippen molar-refractivity contribution in [1.29, 1.82) is 4.78 Å². The number of piperidine rings is 1. The van der Waals surface area contributed by atoms with Gasteiger partial charge in [-0.3, -0.25) is 4.98 Å². The smallest absolute Gasteiger partial charge is 0.121 e. The highest BCUT2D eigenvalue weighted by Crippen LogP contribution is 2.30. The molecule has 1 aromatic heterocycles. The average Bonchev–Trinajstić information content (AvgIpc) is 2.59. The number of hydrogen-bond acceptors (Lipinski definition) is 5. The van der Waals surface area contributed by atoms with Crippen LogP contribution in [0.4, 0.5) is 5.69 Å². The summed E-state index contributed by atoms with van der Waals surface area (Å²) < 4.78 is 27.0. The number of ether oxygens (including phenoxy) is 1. The number of hydrogen-bond donors (Lipinski definition) is 2. The Kier molecular flexibility index (Phi) is 4.91. The molecule has 0 radical (unpaired) electrons. The highest BCUT2D eigenvalue weighted by Gasteiger charge is 2.21. The summed E-state index contributed by atoms with van der Waals surface area (Å²) in [6.45, 7) is 2.57. The fourth-order valence-corrected chi connectivity index (χ4v) is 3.72. The van der Waals surface area contributed by atoms with E-state index in [0.29, 0.717) is 12.5 Å². The second-order valence-electron chi connectivity index (χ2n) is 6.34. The van der Waals surface area contributed by atoms with E-state index in [4.69, 9.17) is 9.52 Å². The first-order chi connectivity index (χ1) is 11.5. The molecule has 1 atom stereocenters. The van der Waals surface area contributed by atoms with Crippen LogP contribution < -0.4 is 14.4 Å². The molecule has 1 fully saturated rings. The van der Waals surface area contributed by atoms with E-state index in [2.05, 4.69) is 26.7 Å². The van der Waals surface area contributed by atoms with Crippen LogP contribution in [0.15, 0.2) is 30.5 Å². The molecule has 6 nitrogen and oxygen atoms in total. The van der Waals surface area contributed by atoms with Crippen LogP contribution in [0.1, 0.15) is 12.8 Å². The number of rotatable bonds is 5. The summed E-state index contributed by atoms with van der Waals surface area (Å²) in [5.74, 6) is 1.29. The summed E-state index contributed by atoms with van der Waals surface area (Å²) >= 11 is 0. The van der Waals surface area contributed by atoms with Crippen LogP contribution >= 0.6 is 0 Å². The molecule has 2 N–H and O–H groups in total. The molecule has 0 spiro atoms. The highest BCUT2D eigenvalue weighted by molar-refractivity contribution is 7.89. The Labute approximate surface area is 143 Å². The van der Waals surface area contributed by atoms with Crippen molar-refractivity contribution in [2.24, 2.45) is 5.92 Å². The fraction of sp³-hybridized carbons (Fsp3) is 0.471. The SMILES string of the molecule is COc1ccc2c(N3CCC(CNS(C)(=N)=O)CC3)ccnc2c1. The minimum absolute atomic E-state index is 0.473. The van der Waals surface area contributed by atoms with Gasteiger partial charge in [-0.25, -0.2) is 13.7 Å². The third-order valence-corrected chi connectivity index (χ3v) is 5.25. The van der Waals surface area contributed by atoms with Gasteiger partial charge in [-0.1, -0.05) is 0 Å². The number of aromatic nitrogens is 1. The molecule has 1 aliphatic rings. The van der Waals surface area contributed by atoms with E-state index in [1.54, 1.807) is 7.11 Å². The van der Waals surface area contributed by atoms with Gasteiger partial charge in [0.2, 0.25) is 0 Å². The standard InChI is InChI=1S/C17H24N4O2S/c1-23-14-3-4-15-16(11-14)19-8-5-17(15)21-9-6-13(7-10-21)12-20-24(2,18)22/h3-5,8,11,13H,6-7,9-10,12H2,1-2H3,(H2,18,20,22). The largest absolute Gasteiger partial charge is 0.497 e. The third-order valence-electron chi connectivity index (χ3n) is 4.53. The predicted molar refractivity (Wildman–Crippen MR) is 98.0 cm³/mol. The second-order valence-corrected chi connectivity index (χ2v) is 8.31. The number of nitrogens with one attached hydrogen (secondary N) is 2. The van der Waals surface area contributed by atoms with Gasteiger partial charge in [0.15, 0.2) is 0 Å². The Hall–Kier alpha value is -1.86. The number of fused-ring (bicyclic) bond motifs is 1. The van der Waals surface area contributed by atoms with Crippen LogP contribution in [0, 0.1) is 10.7 Å². The van der Waals surface area contributed by atoms with Gasteiger partial charge in [-0.05, 0) is 37.0 Å². The lowest BCUT2D eigenvalue weighted by atomic mass is 9.96. The topological polar surface area (TPSA) is 78.3 Å². The highest BCUT2D eigenvalue weighted by atomic mass is 32.2. The molecule has 1 aromatic carbocycles. The van der Waals surface area contributed by atoms with Crippen LogP contribution in [0.25, 0.3) is 10.9 Å². The molecular weight excluding hydrogens is 324 g/mol. The van der Waals surface area contributed by atoms with Gasteiger partial charge in [-0.15, -0.1) is 0 Å². The number of nitrogens with zero attached hydrogens (tertiary/aromatic N) is 2. The zero-order valence-electron chi connectivity index (χ0n) is 14.1. The van der Waals surface area contributed by atoms with Crippen LogP contribution in [0.2, 0.25) is 0 Å². The zero-order valence-corrected chi connectivity index (χ0v) is 14.9. The maximum atomic E-state index is 11.4. The number of anilines is 1. The minimum atomic E-state index is -2.61. The molecule has 24 heavy (non-hydrogen) atoms. The molecule has 0 aliphatic carbocycles. The molecule has 1 unspecified atom stereocenters. The van der Waals surface area contributed by atoms with Crippen LogP contribution in [0.3, 0.4) is 0 Å². The molecule has 3 rings (SSSR count). The first kappa shape index (κ1) is 17.0. The summed E-state index contributed by atoms with van der Waals surface area (Å²) in [6, 6.07) is 8.06.